The third kappa shape index (κ3) is 4.74. The highest BCUT2D eigenvalue weighted by atomic mass is 16.5. The van der Waals surface area contributed by atoms with Gasteiger partial charge >= 0.3 is 0 Å². The van der Waals surface area contributed by atoms with Crippen LogP contribution in [-0.2, 0) is 0 Å². The number of para-hydroxylation sites is 1. The van der Waals surface area contributed by atoms with Crippen molar-refractivity contribution in [3.8, 4) is 5.75 Å². The number of carbonyl (C=O) groups excluding carboxylic acids is 1. The summed E-state index contributed by atoms with van der Waals surface area (Å²) in [5, 5.41) is 0. The molecular weight excluding hydrogens is 348 g/mol. The Hall–Kier alpha value is -2.33. The van der Waals surface area contributed by atoms with Crippen molar-refractivity contribution in [1.29, 1.82) is 0 Å². The Balaban J connectivity index is 1.26. The molecule has 2 bridgehead atoms. The van der Waals surface area contributed by atoms with Gasteiger partial charge in [0, 0.05) is 31.2 Å². The summed E-state index contributed by atoms with van der Waals surface area (Å²) in [7, 11) is 0. The topological polar surface area (TPSA) is 32.8 Å². The lowest BCUT2D eigenvalue weighted by Gasteiger charge is -2.36. The average molecular weight is 379 g/mol. The summed E-state index contributed by atoms with van der Waals surface area (Å²) in [6, 6.07) is 20.3. The summed E-state index contributed by atoms with van der Waals surface area (Å²) >= 11 is 0. The molecule has 0 saturated carbocycles. The Labute approximate surface area is 168 Å². The van der Waals surface area contributed by atoms with Crippen LogP contribution in [0.25, 0.3) is 0 Å². The molecule has 148 valence electrons. The number of nitrogens with zero attached hydrogens (tertiary/aromatic N) is 2. The summed E-state index contributed by atoms with van der Waals surface area (Å²) in [6.07, 6.45) is 4.67. The highest BCUT2D eigenvalue weighted by molar-refractivity contribution is 5.94. The Morgan fingerprint density at radius 2 is 1.64 bits per heavy atom. The summed E-state index contributed by atoms with van der Waals surface area (Å²) in [5.74, 6) is 1.74. The number of rotatable bonds is 7. The molecule has 0 aromatic heterocycles. The highest BCUT2D eigenvalue weighted by Gasteiger charge is 2.36. The van der Waals surface area contributed by atoms with E-state index in [1.165, 1.54) is 12.8 Å². The van der Waals surface area contributed by atoms with E-state index in [-0.39, 0.29) is 5.91 Å². The van der Waals surface area contributed by atoms with Gasteiger partial charge in [-0.2, -0.15) is 0 Å². The van der Waals surface area contributed by atoms with E-state index < -0.39 is 0 Å². The lowest BCUT2D eigenvalue weighted by molar-refractivity contribution is 0.0737. The summed E-state index contributed by atoms with van der Waals surface area (Å²) in [4.78, 5) is 17.6. The molecule has 2 aromatic carbocycles. The normalized spacial score (nSPS) is 22.1. The van der Waals surface area contributed by atoms with Crippen LogP contribution in [0.3, 0.4) is 0 Å². The second-order valence-corrected chi connectivity index (χ2v) is 8.04. The van der Waals surface area contributed by atoms with E-state index >= 15 is 0 Å². The van der Waals surface area contributed by atoms with Gasteiger partial charge in [-0.3, -0.25) is 9.69 Å². The van der Waals surface area contributed by atoms with Crippen molar-refractivity contribution in [3.05, 3.63) is 66.2 Å². The van der Waals surface area contributed by atoms with Crippen molar-refractivity contribution in [1.82, 2.24) is 9.80 Å². The predicted molar refractivity (Wildman–Crippen MR) is 112 cm³/mol. The Morgan fingerprint density at radius 1 is 0.893 bits per heavy atom. The minimum atomic E-state index is 0.190. The van der Waals surface area contributed by atoms with E-state index in [1.54, 1.807) is 0 Å². The van der Waals surface area contributed by atoms with E-state index in [0.717, 1.165) is 56.9 Å². The molecule has 4 nitrogen and oxygen atoms in total. The molecule has 2 atom stereocenters. The maximum atomic E-state index is 12.9. The number of fused-ring (bicyclic) bond motifs is 4. The molecule has 1 amide bonds. The summed E-state index contributed by atoms with van der Waals surface area (Å²) in [6.45, 7) is 4.77. The Morgan fingerprint density at radius 3 is 2.43 bits per heavy atom. The Bertz CT molecular complexity index is 750. The van der Waals surface area contributed by atoms with Crippen molar-refractivity contribution in [2.45, 2.75) is 31.7 Å². The van der Waals surface area contributed by atoms with E-state index in [9.17, 15) is 4.79 Å². The number of ether oxygens (including phenoxy) is 1. The fourth-order valence-corrected chi connectivity index (χ4v) is 4.51. The first kappa shape index (κ1) is 19.0. The molecule has 0 aliphatic carbocycles. The largest absolute Gasteiger partial charge is 0.494 e. The maximum absolute atomic E-state index is 12.9. The van der Waals surface area contributed by atoms with Gasteiger partial charge in [0.25, 0.3) is 5.91 Å². The van der Waals surface area contributed by atoms with Crippen LogP contribution in [-0.4, -0.2) is 54.5 Å². The molecule has 0 unspecified atom stereocenters. The zero-order valence-electron chi connectivity index (χ0n) is 16.5. The van der Waals surface area contributed by atoms with E-state index in [0.29, 0.717) is 12.0 Å². The molecule has 3 heterocycles. The van der Waals surface area contributed by atoms with Gasteiger partial charge < -0.3 is 9.64 Å². The number of amides is 1. The number of piperidine rings is 1. The summed E-state index contributed by atoms with van der Waals surface area (Å²) < 4.78 is 5.81. The second-order valence-electron chi connectivity index (χ2n) is 8.04. The molecule has 28 heavy (non-hydrogen) atoms. The van der Waals surface area contributed by atoms with Gasteiger partial charge in [0.1, 0.15) is 5.75 Å². The van der Waals surface area contributed by atoms with Gasteiger partial charge in [-0.15, -0.1) is 0 Å². The van der Waals surface area contributed by atoms with E-state index in [2.05, 4.69) is 9.80 Å². The molecule has 3 saturated heterocycles. The molecule has 0 spiro atoms. The van der Waals surface area contributed by atoms with Gasteiger partial charge in [-0.25, -0.2) is 0 Å². The molecule has 3 fully saturated rings. The lowest BCUT2D eigenvalue weighted by atomic mass is 9.95. The van der Waals surface area contributed by atoms with Crippen LogP contribution in [0.1, 0.15) is 36.0 Å². The van der Waals surface area contributed by atoms with Gasteiger partial charge in [-0.05, 0) is 62.4 Å². The molecule has 2 aromatic rings. The van der Waals surface area contributed by atoms with Crippen molar-refractivity contribution in [3.63, 3.8) is 0 Å². The monoisotopic (exact) mass is 378 g/mol. The van der Waals surface area contributed by atoms with Crippen LogP contribution in [0, 0.1) is 5.92 Å². The minimum Gasteiger partial charge on any atom is -0.494 e. The second kappa shape index (κ2) is 9.24. The van der Waals surface area contributed by atoms with Gasteiger partial charge in [0.2, 0.25) is 0 Å². The number of benzene rings is 2. The van der Waals surface area contributed by atoms with Crippen LogP contribution in [0.4, 0.5) is 0 Å². The predicted octanol–water partition coefficient (Wildman–Crippen LogP) is 4.08. The maximum Gasteiger partial charge on any atom is 0.253 e. The zero-order chi connectivity index (χ0) is 19.2. The molecule has 0 radical (unpaired) electrons. The number of hydrogen-bond donors (Lipinski definition) is 0. The first-order valence-corrected chi connectivity index (χ1v) is 10.6. The van der Waals surface area contributed by atoms with Crippen LogP contribution in [0.15, 0.2) is 60.7 Å². The zero-order valence-corrected chi connectivity index (χ0v) is 16.5. The molecule has 3 aliphatic heterocycles. The summed E-state index contributed by atoms with van der Waals surface area (Å²) in [5.41, 5.74) is 0.813. The molecule has 0 N–H and O–H groups in total. The smallest absolute Gasteiger partial charge is 0.253 e. The van der Waals surface area contributed by atoms with Gasteiger partial charge in [-0.1, -0.05) is 36.4 Å². The van der Waals surface area contributed by atoms with Gasteiger partial charge in [0.15, 0.2) is 0 Å². The Kier molecular flexibility index (Phi) is 6.27. The molecule has 4 heteroatoms. The van der Waals surface area contributed by atoms with E-state index in [1.807, 2.05) is 60.7 Å². The number of unbranched alkanes of at least 4 members (excludes halogenated alkanes) is 1. The molecular formula is C24H30N2O2. The fraction of sp³-hybridized carbons (Fsp3) is 0.458. The first-order chi connectivity index (χ1) is 13.8. The van der Waals surface area contributed by atoms with Gasteiger partial charge in [0.05, 0.1) is 6.61 Å². The SMILES string of the molecule is O=C(c1ccccc1)N1C[C@H]2CC[C@@H](C1)N(CCCCOc1ccccc1)C2. The van der Waals surface area contributed by atoms with Crippen molar-refractivity contribution in [2.75, 3.05) is 32.8 Å². The van der Waals surface area contributed by atoms with E-state index in [4.69, 9.17) is 4.74 Å². The van der Waals surface area contributed by atoms with Crippen molar-refractivity contribution < 1.29 is 9.53 Å². The standard InChI is InChI=1S/C24H30N2O2/c27-24(21-9-3-1-4-10-21)26-18-20-13-14-22(19-26)25(17-20)15-7-8-16-28-23-11-5-2-6-12-23/h1-6,9-12,20,22H,7-8,13-19H2/t20-,22-/m0/s1. The molecule has 5 rings (SSSR count). The van der Waals surface area contributed by atoms with Crippen LogP contribution in [0.2, 0.25) is 0 Å². The third-order valence-electron chi connectivity index (χ3n) is 5.99. The highest BCUT2D eigenvalue weighted by Crippen LogP contribution is 2.29. The number of carbonyl (C=O) groups is 1. The lowest BCUT2D eigenvalue weighted by Crippen LogP contribution is -2.44. The minimum absolute atomic E-state index is 0.190. The average Bonchev–Trinajstić information content (AvgIpc) is 3.06. The first-order valence-electron chi connectivity index (χ1n) is 10.6. The quantitative estimate of drug-likeness (QED) is 0.681. The number of hydrogen-bond acceptors (Lipinski definition) is 3. The van der Waals surface area contributed by atoms with Crippen LogP contribution >= 0.6 is 0 Å². The third-order valence-corrected chi connectivity index (χ3v) is 5.99. The fourth-order valence-electron chi connectivity index (χ4n) is 4.51. The van der Waals surface area contributed by atoms with Crippen LogP contribution < -0.4 is 4.74 Å². The van der Waals surface area contributed by atoms with Crippen molar-refractivity contribution >= 4 is 5.91 Å². The van der Waals surface area contributed by atoms with Crippen molar-refractivity contribution in [2.24, 2.45) is 5.92 Å². The van der Waals surface area contributed by atoms with Crippen LogP contribution in [0.5, 0.6) is 5.75 Å². The molecule has 3 aliphatic rings.